The zero-order valence-corrected chi connectivity index (χ0v) is 27.0. The fraction of sp³-hybridized carbons (Fsp3) is 0.636. The van der Waals surface area contributed by atoms with Crippen LogP contribution < -0.4 is 9.47 Å². The molecule has 2 aliphatic carbocycles. The fourth-order valence-electron chi connectivity index (χ4n) is 7.41. The summed E-state index contributed by atoms with van der Waals surface area (Å²) in [5.41, 5.74) is 0.804. The minimum atomic E-state index is -3.55. The number of sulfone groups is 1. The number of hydrogen-bond donors (Lipinski definition) is 0. The summed E-state index contributed by atoms with van der Waals surface area (Å²) in [5, 5.41) is -0.460. The van der Waals surface area contributed by atoms with Crippen LogP contribution in [0.15, 0.2) is 24.3 Å². The number of ketones is 2. The zero-order valence-electron chi connectivity index (χ0n) is 26.1. The first-order valence-electron chi connectivity index (χ1n) is 16.4. The van der Waals surface area contributed by atoms with E-state index in [4.69, 9.17) is 14.2 Å². The van der Waals surface area contributed by atoms with Gasteiger partial charge < -0.3 is 24.0 Å². The van der Waals surface area contributed by atoms with Crippen LogP contribution in [0.25, 0.3) is 0 Å². The maximum Gasteiger partial charge on any atom is 0.410 e. The molecule has 248 valence electrons. The Balaban J connectivity index is 1.08. The lowest BCUT2D eigenvalue weighted by molar-refractivity contribution is -0.130. The van der Waals surface area contributed by atoms with Crippen LogP contribution in [-0.2, 0) is 37.3 Å². The van der Waals surface area contributed by atoms with Crippen LogP contribution in [0.3, 0.4) is 0 Å². The van der Waals surface area contributed by atoms with Gasteiger partial charge in [-0.3, -0.25) is 14.5 Å². The molecule has 4 atom stereocenters. The molecule has 4 heterocycles. The van der Waals surface area contributed by atoms with Crippen molar-refractivity contribution in [3.05, 3.63) is 35.4 Å². The predicted octanol–water partition coefficient (Wildman–Crippen LogP) is 3.60. The van der Waals surface area contributed by atoms with Gasteiger partial charge in [0.2, 0.25) is 6.79 Å². The van der Waals surface area contributed by atoms with Crippen LogP contribution >= 0.6 is 0 Å². The highest BCUT2D eigenvalue weighted by atomic mass is 32.2. The molecule has 6 aliphatic rings. The lowest BCUT2D eigenvalue weighted by atomic mass is 9.89. The molecule has 7 rings (SSSR count). The number of carbonyl (C=O) groups excluding carboxylic acids is 4. The monoisotopic (exact) mass is 655 g/mol. The van der Waals surface area contributed by atoms with Crippen LogP contribution in [0, 0.1) is 11.3 Å². The Kier molecular flexibility index (Phi) is 8.01. The molecule has 0 spiro atoms. The highest BCUT2D eigenvalue weighted by Crippen LogP contribution is 2.58. The number of urea groups is 1. The van der Waals surface area contributed by atoms with Crippen molar-refractivity contribution in [3.63, 3.8) is 0 Å². The molecule has 2 saturated carbocycles. The maximum absolute atomic E-state index is 14.1. The number of fused-ring (bicyclic) bond motifs is 4. The number of amides is 3. The molecule has 13 heteroatoms. The summed E-state index contributed by atoms with van der Waals surface area (Å²) in [6, 6.07) is 2.54. The van der Waals surface area contributed by atoms with Crippen LogP contribution in [0.5, 0.6) is 11.5 Å². The molecular formula is C33H41N3O9S. The zero-order chi connectivity index (χ0) is 32.2. The Morgan fingerprint density at radius 3 is 2.46 bits per heavy atom. The molecule has 1 saturated heterocycles. The highest BCUT2D eigenvalue weighted by Gasteiger charge is 2.61. The quantitative estimate of drug-likeness (QED) is 0.436. The molecule has 12 nitrogen and oxygen atoms in total. The normalized spacial score (nSPS) is 30.2. The predicted molar refractivity (Wildman–Crippen MR) is 165 cm³/mol. The summed E-state index contributed by atoms with van der Waals surface area (Å²) < 4.78 is 42.4. The Morgan fingerprint density at radius 2 is 1.76 bits per heavy atom. The Labute approximate surface area is 268 Å². The Hall–Kier alpha value is -3.61. The molecule has 0 aromatic heterocycles. The first kappa shape index (κ1) is 31.0. The van der Waals surface area contributed by atoms with Gasteiger partial charge >= 0.3 is 12.1 Å². The molecule has 0 bridgehead atoms. The molecule has 46 heavy (non-hydrogen) atoms. The van der Waals surface area contributed by atoms with E-state index < -0.39 is 50.3 Å². The fourth-order valence-corrected chi connectivity index (χ4v) is 9.15. The summed E-state index contributed by atoms with van der Waals surface area (Å²) in [4.78, 5) is 59.4. The first-order chi connectivity index (χ1) is 22.0. The molecule has 1 aromatic rings. The van der Waals surface area contributed by atoms with Gasteiger partial charge in [-0.15, -0.1) is 0 Å². The summed E-state index contributed by atoms with van der Waals surface area (Å²) in [6.07, 6.45) is 7.77. The Morgan fingerprint density at radius 1 is 1.04 bits per heavy atom. The van der Waals surface area contributed by atoms with Crippen LogP contribution in [-0.4, -0.2) is 96.9 Å². The van der Waals surface area contributed by atoms with Crippen molar-refractivity contribution >= 4 is 33.5 Å². The van der Waals surface area contributed by atoms with Crippen LogP contribution in [0.2, 0.25) is 0 Å². The number of Topliss-reactive ketones (excluding diaryl/α,β-unsaturated/α-hetero) is 2. The topological polar surface area (TPSA) is 140 Å². The summed E-state index contributed by atoms with van der Waals surface area (Å²) in [6.45, 7) is 1.44. The summed E-state index contributed by atoms with van der Waals surface area (Å²) in [7, 11) is -1.84. The SMILES string of the molecule is CN1CCCCC/C=C\[C@@H]2C[C@@]2(C(=O)CS(=O)(=O)C2CC2)CC(=O)[C@@H]2CC(OC(=O)N3Cc4cc5c(cc4C3)OCO5)CN2C1=O. The molecule has 0 radical (unpaired) electrons. The maximum atomic E-state index is 14.1. The second kappa shape index (κ2) is 11.9. The molecule has 3 amide bonds. The second-order valence-corrected chi connectivity index (χ2v) is 16.0. The molecule has 4 aliphatic heterocycles. The minimum Gasteiger partial charge on any atom is -0.454 e. The van der Waals surface area contributed by atoms with Crippen molar-refractivity contribution in [2.75, 3.05) is 32.7 Å². The lowest BCUT2D eigenvalue weighted by Crippen LogP contribution is -2.48. The number of allylic oxidation sites excluding steroid dienone is 2. The van der Waals surface area contributed by atoms with Gasteiger partial charge in [-0.2, -0.15) is 0 Å². The van der Waals surface area contributed by atoms with E-state index in [0.29, 0.717) is 50.4 Å². The van der Waals surface area contributed by atoms with Crippen LogP contribution in [0.1, 0.15) is 68.9 Å². The average molecular weight is 656 g/mol. The van der Waals surface area contributed by atoms with Crippen molar-refractivity contribution in [3.8, 4) is 11.5 Å². The molecule has 3 fully saturated rings. The van der Waals surface area contributed by atoms with E-state index in [9.17, 15) is 27.6 Å². The standard InChI is InChI=1S/C33H41N3O9S/c1-34-10-6-4-2-3-5-7-23-14-33(23,30(38)19-46(41,42)25-8-9-25)15-27(37)26-13-24(18-36(26)31(34)39)45-32(40)35-16-21-11-28-29(44-20-43-28)12-22(21)17-35/h5,7,11-12,23-26H,2-4,6,8-10,13-20H2,1H3/b7-5-/t23-,24?,26+,33-/m1/s1. The molecule has 1 unspecified atom stereocenters. The van der Waals surface area contributed by atoms with E-state index >= 15 is 0 Å². The third-order valence-electron chi connectivity index (χ3n) is 10.4. The third-order valence-corrected chi connectivity index (χ3v) is 12.6. The summed E-state index contributed by atoms with van der Waals surface area (Å²) >= 11 is 0. The number of hydrogen-bond acceptors (Lipinski definition) is 9. The highest BCUT2D eigenvalue weighted by molar-refractivity contribution is 7.93. The molecule has 1 aromatic carbocycles. The van der Waals surface area contributed by atoms with Gasteiger partial charge in [-0.1, -0.05) is 18.6 Å². The number of rotatable bonds is 5. The van der Waals surface area contributed by atoms with E-state index in [0.717, 1.165) is 36.8 Å². The van der Waals surface area contributed by atoms with Gasteiger partial charge in [0.25, 0.3) is 0 Å². The van der Waals surface area contributed by atoms with Gasteiger partial charge in [-0.05, 0) is 67.7 Å². The average Bonchev–Trinajstić information content (AvgIpc) is 3.83. The van der Waals surface area contributed by atoms with Crippen molar-refractivity contribution in [2.45, 2.75) is 88.3 Å². The number of nitrogens with zero attached hydrogens (tertiary/aromatic N) is 3. The number of carbonyl (C=O) groups is 4. The van der Waals surface area contributed by atoms with E-state index in [-0.39, 0.29) is 43.9 Å². The largest absolute Gasteiger partial charge is 0.454 e. The van der Waals surface area contributed by atoms with E-state index in [1.165, 1.54) is 4.90 Å². The van der Waals surface area contributed by atoms with E-state index in [1.54, 1.807) is 16.8 Å². The van der Waals surface area contributed by atoms with E-state index in [2.05, 4.69) is 0 Å². The van der Waals surface area contributed by atoms with Crippen molar-refractivity contribution in [1.82, 2.24) is 14.7 Å². The van der Waals surface area contributed by atoms with E-state index in [1.807, 2.05) is 24.3 Å². The van der Waals surface area contributed by atoms with Crippen molar-refractivity contribution in [2.24, 2.45) is 11.3 Å². The number of benzene rings is 1. The van der Waals surface area contributed by atoms with Gasteiger partial charge in [0.05, 0.1) is 17.8 Å². The van der Waals surface area contributed by atoms with Gasteiger partial charge in [0, 0.05) is 44.9 Å². The van der Waals surface area contributed by atoms with Crippen LogP contribution in [0.4, 0.5) is 9.59 Å². The Bertz CT molecular complexity index is 1560. The smallest absolute Gasteiger partial charge is 0.410 e. The van der Waals surface area contributed by atoms with Crippen molar-refractivity contribution < 1.29 is 41.8 Å². The number of ether oxygens (including phenoxy) is 3. The first-order valence-corrected chi connectivity index (χ1v) is 18.1. The minimum absolute atomic E-state index is 0.0580. The van der Waals surface area contributed by atoms with Gasteiger partial charge in [-0.25, -0.2) is 18.0 Å². The molecular weight excluding hydrogens is 614 g/mol. The molecule has 0 N–H and O–H groups in total. The van der Waals surface area contributed by atoms with Crippen molar-refractivity contribution in [1.29, 1.82) is 0 Å². The van der Waals surface area contributed by atoms with Gasteiger partial charge in [0.1, 0.15) is 11.9 Å². The third kappa shape index (κ3) is 5.98. The van der Waals surface area contributed by atoms with Gasteiger partial charge in [0.15, 0.2) is 32.9 Å². The second-order valence-electron chi connectivity index (χ2n) is 13.8. The lowest BCUT2D eigenvalue weighted by Gasteiger charge is -2.29. The summed E-state index contributed by atoms with van der Waals surface area (Å²) in [5.74, 6) is -0.176.